The molecular weight excluding hydrogens is 404 g/mol. The molecule has 148 valence electrons. The minimum atomic E-state index is -3.50. The minimum absolute atomic E-state index is 0.182. The Balaban J connectivity index is 1.54. The van der Waals surface area contributed by atoms with E-state index in [9.17, 15) is 18.0 Å². The van der Waals surface area contributed by atoms with Gasteiger partial charge in [0.2, 0.25) is 10.0 Å². The van der Waals surface area contributed by atoms with Crippen molar-refractivity contribution in [3.63, 3.8) is 0 Å². The van der Waals surface area contributed by atoms with E-state index in [2.05, 4.69) is 5.32 Å². The van der Waals surface area contributed by atoms with Crippen LogP contribution in [0.25, 0.3) is 0 Å². The highest BCUT2D eigenvalue weighted by molar-refractivity contribution is 7.89. The van der Waals surface area contributed by atoms with E-state index in [1.54, 1.807) is 12.1 Å². The third-order valence-corrected chi connectivity index (χ3v) is 6.42. The molecule has 28 heavy (non-hydrogen) atoms. The van der Waals surface area contributed by atoms with Crippen molar-refractivity contribution in [3.8, 4) is 0 Å². The van der Waals surface area contributed by atoms with Crippen molar-refractivity contribution < 1.29 is 22.7 Å². The second-order valence-corrected chi connectivity index (χ2v) is 8.64. The van der Waals surface area contributed by atoms with Crippen molar-refractivity contribution in [1.82, 2.24) is 4.31 Å². The Kier molecular flexibility index (Phi) is 6.33. The summed E-state index contributed by atoms with van der Waals surface area (Å²) in [5, 5.41) is 3.05. The first-order chi connectivity index (χ1) is 13.4. The van der Waals surface area contributed by atoms with Crippen LogP contribution in [0.5, 0.6) is 0 Å². The molecule has 7 nitrogen and oxygen atoms in total. The average molecular weight is 423 g/mol. The molecule has 1 heterocycles. The van der Waals surface area contributed by atoms with Gasteiger partial charge in [-0.05, 0) is 61.4 Å². The lowest BCUT2D eigenvalue weighted by Crippen LogP contribution is -2.27. The molecule has 1 fully saturated rings. The van der Waals surface area contributed by atoms with E-state index in [1.165, 1.54) is 40.7 Å². The number of amides is 1. The van der Waals surface area contributed by atoms with Crippen LogP contribution in [-0.4, -0.2) is 44.3 Å². The number of esters is 1. The number of nitrogens with zero attached hydrogens (tertiary/aromatic N) is 1. The van der Waals surface area contributed by atoms with Crippen LogP contribution in [-0.2, 0) is 19.6 Å². The highest BCUT2D eigenvalue weighted by Gasteiger charge is 2.26. The second kappa shape index (κ2) is 8.72. The number of carbonyl (C=O) groups excluding carboxylic acids is 2. The van der Waals surface area contributed by atoms with Crippen LogP contribution in [0.2, 0.25) is 5.02 Å². The van der Waals surface area contributed by atoms with Crippen LogP contribution in [0.3, 0.4) is 0 Å². The van der Waals surface area contributed by atoms with Crippen molar-refractivity contribution in [1.29, 1.82) is 0 Å². The number of rotatable bonds is 6. The molecule has 1 amide bonds. The van der Waals surface area contributed by atoms with Gasteiger partial charge in [0.05, 0.1) is 10.5 Å². The minimum Gasteiger partial charge on any atom is -0.452 e. The molecule has 0 atom stereocenters. The fourth-order valence-electron chi connectivity index (χ4n) is 2.79. The molecular formula is C19H19ClN2O5S. The molecule has 1 aliphatic rings. The molecule has 0 unspecified atom stereocenters. The van der Waals surface area contributed by atoms with E-state index < -0.39 is 28.5 Å². The SMILES string of the molecule is O=C(COC(=O)c1ccc(Cl)cc1)Nc1ccc(S(=O)(=O)N2CCCC2)cc1. The predicted octanol–water partition coefficient (Wildman–Crippen LogP) is 2.92. The van der Waals surface area contributed by atoms with Crippen LogP contribution in [0.4, 0.5) is 5.69 Å². The zero-order valence-electron chi connectivity index (χ0n) is 14.9. The van der Waals surface area contributed by atoms with Gasteiger partial charge >= 0.3 is 5.97 Å². The monoisotopic (exact) mass is 422 g/mol. The maximum absolute atomic E-state index is 12.5. The third-order valence-electron chi connectivity index (χ3n) is 4.26. The number of sulfonamides is 1. The standard InChI is InChI=1S/C19H19ClN2O5S/c20-15-5-3-14(4-6-15)19(24)27-13-18(23)21-16-7-9-17(10-8-16)28(25,26)22-11-1-2-12-22/h3-10H,1-2,11-13H2,(H,21,23). The first-order valence-corrected chi connectivity index (χ1v) is 10.5. The number of halogens is 1. The number of nitrogens with one attached hydrogen (secondary N) is 1. The molecule has 1 aliphatic heterocycles. The second-order valence-electron chi connectivity index (χ2n) is 6.27. The molecule has 1 saturated heterocycles. The van der Waals surface area contributed by atoms with E-state index in [4.69, 9.17) is 16.3 Å². The maximum atomic E-state index is 12.5. The fourth-order valence-corrected chi connectivity index (χ4v) is 4.43. The van der Waals surface area contributed by atoms with Crippen molar-refractivity contribution in [2.24, 2.45) is 0 Å². The Bertz CT molecular complexity index is 953. The highest BCUT2D eigenvalue weighted by Crippen LogP contribution is 2.22. The van der Waals surface area contributed by atoms with Gasteiger partial charge in [-0.15, -0.1) is 0 Å². The number of hydrogen-bond acceptors (Lipinski definition) is 5. The van der Waals surface area contributed by atoms with E-state index in [1.807, 2.05) is 0 Å². The number of benzene rings is 2. The number of anilines is 1. The van der Waals surface area contributed by atoms with Gasteiger partial charge in [-0.2, -0.15) is 4.31 Å². The summed E-state index contributed by atoms with van der Waals surface area (Å²) < 4.78 is 31.4. The molecule has 2 aromatic carbocycles. The summed E-state index contributed by atoms with van der Waals surface area (Å²) in [6.45, 7) is 0.592. The Morgan fingerprint density at radius 1 is 1.00 bits per heavy atom. The van der Waals surface area contributed by atoms with Crippen molar-refractivity contribution in [2.45, 2.75) is 17.7 Å². The molecule has 2 aromatic rings. The van der Waals surface area contributed by atoms with E-state index >= 15 is 0 Å². The van der Waals surface area contributed by atoms with Gasteiger partial charge in [0.25, 0.3) is 5.91 Å². The number of hydrogen-bond donors (Lipinski definition) is 1. The molecule has 0 radical (unpaired) electrons. The lowest BCUT2D eigenvalue weighted by Gasteiger charge is -2.15. The Labute approximate surface area is 168 Å². The van der Waals surface area contributed by atoms with E-state index in [0.717, 1.165) is 12.8 Å². The van der Waals surface area contributed by atoms with Gasteiger partial charge in [0.15, 0.2) is 6.61 Å². The Hall–Kier alpha value is -2.42. The average Bonchev–Trinajstić information content (AvgIpc) is 3.23. The first-order valence-electron chi connectivity index (χ1n) is 8.69. The van der Waals surface area contributed by atoms with Gasteiger partial charge in [0, 0.05) is 23.8 Å². The Morgan fingerprint density at radius 3 is 2.21 bits per heavy atom. The van der Waals surface area contributed by atoms with Crippen LogP contribution in [0.1, 0.15) is 23.2 Å². The number of carbonyl (C=O) groups is 2. The molecule has 3 rings (SSSR count). The molecule has 0 aliphatic carbocycles. The smallest absolute Gasteiger partial charge is 0.338 e. The van der Waals surface area contributed by atoms with Crippen molar-refractivity contribution >= 4 is 39.2 Å². The normalized spacial score (nSPS) is 14.6. The molecule has 0 spiro atoms. The highest BCUT2D eigenvalue weighted by atomic mass is 35.5. The van der Waals surface area contributed by atoms with Gasteiger partial charge in [0.1, 0.15) is 0 Å². The lowest BCUT2D eigenvalue weighted by molar-refractivity contribution is -0.119. The summed E-state index contributed by atoms with van der Waals surface area (Å²) in [7, 11) is -3.50. The van der Waals surface area contributed by atoms with Gasteiger partial charge in [-0.1, -0.05) is 11.6 Å². The summed E-state index contributed by atoms with van der Waals surface area (Å²) >= 11 is 5.75. The van der Waals surface area contributed by atoms with Gasteiger partial charge in [-0.25, -0.2) is 13.2 Å². The van der Waals surface area contributed by atoms with Crippen molar-refractivity contribution in [2.75, 3.05) is 25.0 Å². The van der Waals surface area contributed by atoms with Crippen LogP contribution >= 0.6 is 11.6 Å². The zero-order chi connectivity index (χ0) is 20.1. The largest absolute Gasteiger partial charge is 0.452 e. The molecule has 9 heteroatoms. The molecule has 0 bridgehead atoms. The summed E-state index contributed by atoms with van der Waals surface area (Å²) in [5.41, 5.74) is 0.696. The summed E-state index contributed by atoms with van der Waals surface area (Å²) in [5.74, 6) is -1.17. The fraction of sp³-hybridized carbons (Fsp3) is 0.263. The van der Waals surface area contributed by atoms with E-state index in [0.29, 0.717) is 23.8 Å². The van der Waals surface area contributed by atoms with Gasteiger partial charge < -0.3 is 10.1 Å². The number of ether oxygens (including phenoxy) is 1. The van der Waals surface area contributed by atoms with Crippen molar-refractivity contribution in [3.05, 3.63) is 59.1 Å². The summed E-state index contributed by atoms with van der Waals surface area (Å²) in [6, 6.07) is 12.0. The quantitative estimate of drug-likeness (QED) is 0.722. The van der Waals surface area contributed by atoms with Crippen LogP contribution in [0.15, 0.2) is 53.4 Å². The third kappa shape index (κ3) is 4.89. The summed E-state index contributed by atoms with van der Waals surface area (Å²) in [6.07, 6.45) is 1.73. The molecule has 0 saturated carbocycles. The van der Waals surface area contributed by atoms with Gasteiger partial charge in [-0.3, -0.25) is 4.79 Å². The topological polar surface area (TPSA) is 92.8 Å². The predicted molar refractivity (Wildman–Crippen MR) is 105 cm³/mol. The van der Waals surface area contributed by atoms with E-state index in [-0.39, 0.29) is 10.5 Å². The summed E-state index contributed by atoms with van der Waals surface area (Å²) in [4.78, 5) is 24.0. The Morgan fingerprint density at radius 2 is 1.61 bits per heavy atom. The van der Waals surface area contributed by atoms with Crippen LogP contribution < -0.4 is 5.32 Å². The molecule has 1 N–H and O–H groups in total. The maximum Gasteiger partial charge on any atom is 0.338 e. The van der Waals surface area contributed by atoms with Crippen LogP contribution in [0, 0.1) is 0 Å². The first kappa shape index (κ1) is 20.3. The molecule has 0 aromatic heterocycles. The lowest BCUT2D eigenvalue weighted by atomic mass is 10.2. The zero-order valence-corrected chi connectivity index (χ0v) is 16.5.